The van der Waals surface area contributed by atoms with Crippen LogP contribution in [0.3, 0.4) is 0 Å². The highest BCUT2D eigenvalue weighted by atomic mass is 16.5. The van der Waals surface area contributed by atoms with Crippen LogP contribution in [0.5, 0.6) is 5.75 Å². The van der Waals surface area contributed by atoms with Gasteiger partial charge in [0.1, 0.15) is 12.1 Å². The summed E-state index contributed by atoms with van der Waals surface area (Å²) in [5.41, 5.74) is 2.24. The van der Waals surface area contributed by atoms with E-state index in [-0.39, 0.29) is 0 Å². The molecule has 0 radical (unpaired) electrons. The molecule has 3 rings (SSSR count). The van der Waals surface area contributed by atoms with Crippen LogP contribution < -0.4 is 10.1 Å². The minimum Gasteiger partial charge on any atom is -0.497 e. The number of ether oxygens (including phenoxy) is 1. The Kier molecular flexibility index (Phi) is 3.16. The number of nitrogens with zero attached hydrogens (tertiary/aromatic N) is 5. The standard InChI is InChI=1S/C13H14N6O/c1-3-19-13-11(17-18-19)12(14-8-15-13)16-9-5-4-6-10(7-9)20-2/h4-8H,3H2,1-2H3,(H,14,15,16). The van der Waals surface area contributed by atoms with Crippen molar-refractivity contribution in [2.24, 2.45) is 0 Å². The third-order valence-electron chi connectivity index (χ3n) is 2.93. The third kappa shape index (κ3) is 2.13. The van der Waals surface area contributed by atoms with Crippen molar-refractivity contribution in [3.05, 3.63) is 30.6 Å². The molecule has 2 aromatic heterocycles. The van der Waals surface area contributed by atoms with E-state index in [9.17, 15) is 0 Å². The van der Waals surface area contributed by atoms with Gasteiger partial charge in [-0.3, -0.25) is 0 Å². The molecule has 20 heavy (non-hydrogen) atoms. The smallest absolute Gasteiger partial charge is 0.183 e. The second-order valence-electron chi connectivity index (χ2n) is 4.16. The van der Waals surface area contributed by atoms with Crippen LogP contribution in [0.25, 0.3) is 11.2 Å². The molecular formula is C13H14N6O. The molecule has 0 atom stereocenters. The third-order valence-corrected chi connectivity index (χ3v) is 2.93. The Balaban J connectivity index is 2.00. The zero-order valence-corrected chi connectivity index (χ0v) is 11.2. The molecule has 3 aromatic rings. The molecule has 0 spiro atoms. The molecule has 2 heterocycles. The topological polar surface area (TPSA) is 77.8 Å². The van der Waals surface area contributed by atoms with Gasteiger partial charge in [-0.2, -0.15) is 0 Å². The summed E-state index contributed by atoms with van der Waals surface area (Å²) in [4.78, 5) is 8.44. The number of nitrogens with one attached hydrogen (secondary N) is 1. The first-order chi connectivity index (χ1) is 9.81. The van der Waals surface area contributed by atoms with Crippen molar-refractivity contribution < 1.29 is 4.74 Å². The summed E-state index contributed by atoms with van der Waals surface area (Å²) in [5, 5.41) is 11.4. The summed E-state index contributed by atoms with van der Waals surface area (Å²) in [5.74, 6) is 1.40. The molecule has 1 N–H and O–H groups in total. The van der Waals surface area contributed by atoms with Crippen molar-refractivity contribution in [2.75, 3.05) is 12.4 Å². The molecule has 0 aliphatic heterocycles. The Morgan fingerprint density at radius 1 is 1.30 bits per heavy atom. The van der Waals surface area contributed by atoms with Gasteiger partial charge in [-0.1, -0.05) is 11.3 Å². The summed E-state index contributed by atoms with van der Waals surface area (Å²) in [6, 6.07) is 7.61. The fraction of sp³-hybridized carbons (Fsp3) is 0.231. The Morgan fingerprint density at radius 3 is 3.00 bits per heavy atom. The van der Waals surface area contributed by atoms with Crippen LogP contribution in [0.15, 0.2) is 30.6 Å². The van der Waals surface area contributed by atoms with Gasteiger partial charge in [-0.25, -0.2) is 14.6 Å². The molecule has 7 heteroatoms. The quantitative estimate of drug-likeness (QED) is 0.781. The average molecular weight is 270 g/mol. The average Bonchev–Trinajstić information content (AvgIpc) is 2.91. The highest BCUT2D eigenvalue weighted by molar-refractivity contribution is 5.84. The van der Waals surface area contributed by atoms with Crippen molar-refractivity contribution in [1.82, 2.24) is 25.0 Å². The van der Waals surface area contributed by atoms with E-state index in [0.29, 0.717) is 23.5 Å². The Hall–Kier alpha value is -2.70. The molecule has 0 aliphatic rings. The van der Waals surface area contributed by atoms with Crippen LogP contribution in [-0.4, -0.2) is 32.1 Å². The lowest BCUT2D eigenvalue weighted by Gasteiger charge is -2.07. The van der Waals surface area contributed by atoms with E-state index in [1.807, 2.05) is 31.2 Å². The number of hydrogen-bond acceptors (Lipinski definition) is 6. The highest BCUT2D eigenvalue weighted by Crippen LogP contribution is 2.23. The van der Waals surface area contributed by atoms with Crippen LogP contribution in [0.1, 0.15) is 6.92 Å². The fourth-order valence-electron chi connectivity index (χ4n) is 1.93. The first-order valence-corrected chi connectivity index (χ1v) is 6.27. The molecule has 0 fully saturated rings. The van der Waals surface area contributed by atoms with Crippen molar-refractivity contribution in [1.29, 1.82) is 0 Å². The molecule has 0 bridgehead atoms. The number of hydrogen-bond donors (Lipinski definition) is 1. The predicted molar refractivity (Wildman–Crippen MR) is 75.1 cm³/mol. The van der Waals surface area contributed by atoms with Gasteiger partial charge in [0.2, 0.25) is 0 Å². The normalized spacial score (nSPS) is 10.7. The predicted octanol–water partition coefficient (Wildman–Crippen LogP) is 1.99. The highest BCUT2D eigenvalue weighted by Gasteiger charge is 2.10. The molecule has 0 saturated carbocycles. The summed E-state index contributed by atoms with van der Waals surface area (Å²) in [7, 11) is 1.63. The number of methoxy groups -OCH3 is 1. The molecule has 0 aliphatic carbocycles. The minimum atomic E-state index is 0.628. The molecule has 0 unspecified atom stereocenters. The van der Waals surface area contributed by atoms with Crippen molar-refractivity contribution >= 4 is 22.7 Å². The van der Waals surface area contributed by atoms with Gasteiger partial charge < -0.3 is 10.1 Å². The molecule has 0 saturated heterocycles. The van der Waals surface area contributed by atoms with E-state index >= 15 is 0 Å². The maximum atomic E-state index is 5.20. The number of aromatic nitrogens is 5. The number of anilines is 2. The van der Waals surface area contributed by atoms with Gasteiger partial charge in [0, 0.05) is 18.3 Å². The van der Waals surface area contributed by atoms with Crippen LogP contribution in [0.2, 0.25) is 0 Å². The molecule has 0 amide bonds. The lowest BCUT2D eigenvalue weighted by atomic mass is 10.3. The van der Waals surface area contributed by atoms with Crippen molar-refractivity contribution in [3.63, 3.8) is 0 Å². The number of fused-ring (bicyclic) bond motifs is 1. The first-order valence-electron chi connectivity index (χ1n) is 6.27. The van der Waals surface area contributed by atoms with E-state index < -0.39 is 0 Å². The summed E-state index contributed by atoms with van der Waals surface area (Å²) >= 11 is 0. The number of benzene rings is 1. The Bertz CT molecular complexity index is 739. The van der Waals surface area contributed by atoms with Crippen molar-refractivity contribution in [2.45, 2.75) is 13.5 Å². The van der Waals surface area contributed by atoms with E-state index in [1.54, 1.807) is 11.8 Å². The molecular weight excluding hydrogens is 256 g/mol. The SMILES string of the molecule is CCn1nnc2c(Nc3cccc(OC)c3)ncnc21. The maximum absolute atomic E-state index is 5.20. The maximum Gasteiger partial charge on any atom is 0.183 e. The van der Waals surface area contributed by atoms with Gasteiger partial charge in [0.15, 0.2) is 17.0 Å². The van der Waals surface area contributed by atoms with E-state index in [1.165, 1.54) is 6.33 Å². The zero-order valence-electron chi connectivity index (χ0n) is 11.2. The van der Waals surface area contributed by atoms with Crippen LogP contribution in [0, 0.1) is 0 Å². The molecule has 1 aromatic carbocycles. The van der Waals surface area contributed by atoms with Crippen LogP contribution >= 0.6 is 0 Å². The van der Waals surface area contributed by atoms with E-state index in [0.717, 1.165) is 11.4 Å². The number of rotatable bonds is 4. The van der Waals surface area contributed by atoms with Gasteiger partial charge in [-0.15, -0.1) is 5.10 Å². The number of aryl methyl sites for hydroxylation is 1. The van der Waals surface area contributed by atoms with Crippen LogP contribution in [-0.2, 0) is 6.54 Å². The zero-order chi connectivity index (χ0) is 13.9. The summed E-state index contributed by atoms with van der Waals surface area (Å²) < 4.78 is 6.93. The van der Waals surface area contributed by atoms with Crippen LogP contribution in [0.4, 0.5) is 11.5 Å². The monoisotopic (exact) mass is 270 g/mol. The lowest BCUT2D eigenvalue weighted by Crippen LogP contribution is -1.99. The minimum absolute atomic E-state index is 0.628. The van der Waals surface area contributed by atoms with Gasteiger partial charge >= 0.3 is 0 Å². The first kappa shape index (κ1) is 12.3. The summed E-state index contributed by atoms with van der Waals surface area (Å²) in [6.45, 7) is 2.71. The lowest BCUT2D eigenvalue weighted by molar-refractivity contribution is 0.415. The second kappa shape index (κ2) is 5.12. The Labute approximate surface area is 115 Å². The van der Waals surface area contributed by atoms with Gasteiger partial charge in [0.25, 0.3) is 0 Å². The van der Waals surface area contributed by atoms with E-state index in [4.69, 9.17) is 4.74 Å². The molecule has 7 nitrogen and oxygen atoms in total. The fourth-order valence-corrected chi connectivity index (χ4v) is 1.93. The largest absolute Gasteiger partial charge is 0.497 e. The Morgan fingerprint density at radius 2 is 2.20 bits per heavy atom. The summed E-state index contributed by atoms with van der Waals surface area (Å²) in [6.07, 6.45) is 1.50. The van der Waals surface area contributed by atoms with E-state index in [2.05, 4.69) is 25.6 Å². The van der Waals surface area contributed by atoms with Crippen molar-refractivity contribution in [3.8, 4) is 5.75 Å². The second-order valence-corrected chi connectivity index (χ2v) is 4.16. The molecule has 102 valence electrons. The van der Waals surface area contributed by atoms with Gasteiger partial charge in [0.05, 0.1) is 7.11 Å². The van der Waals surface area contributed by atoms with Gasteiger partial charge in [-0.05, 0) is 19.1 Å².